The second-order valence-corrected chi connectivity index (χ2v) is 6.97. The fourth-order valence-electron chi connectivity index (χ4n) is 3.05. The van der Waals surface area contributed by atoms with Gasteiger partial charge in [0.05, 0.1) is 0 Å². The van der Waals surface area contributed by atoms with Crippen molar-refractivity contribution in [3.8, 4) is 0 Å². The topological polar surface area (TPSA) is 58.8 Å². The highest BCUT2D eigenvalue weighted by molar-refractivity contribution is 5.68. The molecule has 2 rings (SSSR count). The number of rotatable bonds is 2. The summed E-state index contributed by atoms with van der Waals surface area (Å²) in [6, 6.07) is 0. The Morgan fingerprint density at radius 3 is 2.32 bits per heavy atom. The van der Waals surface area contributed by atoms with Crippen LogP contribution in [0.1, 0.15) is 33.6 Å². The number of hydrogen-bond acceptors (Lipinski definition) is 4. The van der Waals surface area contributed by atoms with Gasteiger partial charge < -0.3 is 20.3 Å². The molecule has 0 aromatic rings. The van der Waals surface area contributed by atoms with Gasteiger partial charge in [0, 0.05) is 39.3 Å². The number of carbonyl (C=O) groups excluding carboxylic acids is 1. The zero-order valence-electron chi connectivity index (χ0n) is 12.4. The first-order valence-electron chi connectivity index (χ1n) is 7.24. The largest absolute Gasteiger partial charge is 0.444 e. The highest BCUT2D eigenvalue weighted by Crippen LogP contribution is 2.40. The molecule has 1 amide bonds. The Labute approximate surface area is 116 Å². The van der Waals surface area contributed by atoms with Crippen LogP contribution in [0.15, 0.2) is 0 Å². The standard InChI is InChI=1S/C14H27N3O2/c1-13(2,3)19-12(18)17-7-4-14(5-8-17)10-16(11-14)9-6-15/h4-11,15H2,1-3H3. The molecule has 0 bridgehead atoms. The second kappa shape index (κ2) is 5.29. The summed E-state index contributed by atoms with van der Waals surface area (Å²) in [4.78, 5) is 16.2. The summed E-state index contributed by atoms with van der Waals surface area (Å²) < 4.78 is 5.42. The van der Waals surface area contributed by atoms with Gasteiger partial charge in [0.15, 0.2) is 0 Å². The number of likely N-dealkylation sites (tertiary alicyclic amines) is 2. The molecule has 2 fully saturated rings. The molecule has 0 radical (unpaired) electrons. The molecule has 2 N–H and O–H groups in total. The van der Waals surface area contributed by atoms with Crippen LogP contribution in [0.3, 0.4) is 0 Å². The van der Waals surface area contributed by atoms with E-state index in [0.29, 0.717) is 5.41 Å². The minimum absolute atomic E-state index is 0.166. The van der Waals surface area contributed by atoms with Crippen LogP contribution in [0.4, 0.5) is 4.79 Å². The second-order valence-electron chi connectivity index (χ2n) is 6.97. The maximum absolute atomic E-state index is 12.0. The summed E-state index contributed by atoms with van der Waals surface area (Å²) >= 11 is 0. The van der Waals surface area contributed by atoms with Crippen molar-refractivity contribution in [2.45, 2.75) is 39.2 Å². The van der Waals surface area contributed by atoms with Crippen molar-refractivity contribution in [3.63, 3.8) is 0 Å². The van der Waals surface area contributed by atoms with Crippen molar-refractivity contribution in [1.29, 1.82) is 0 Å². The van der Waals surface area contributed by atoms with Crippen LogP contribution < -0.4 is 5.73 Å². The normalized spacial score (nSPS) is 23.3. The SMILES string of the molecule is CC(C)(C)OC(=O)N1CCC2(CC1)CN(CCN)C2. The van der Waals surface area contributed by atoms with Crippen LogP contribution in [0, 0.1) is 5.41 Å². The van der Waals surface area contributed by atoms with E-state index in [4.69, 9.17) is 10.5 Å². The molecule has 2 heterocycles. The van der Waals surface area contributed by atoms with Crippen LogP contribution in [0.25, 0.3) is 0 Å². The average molecular weight is 269 g/mol. The van der Waals surface area contributed by atoms with Gasteiger partial charge in [-0.2, -0.15) is 0 Å². The maximum atomic E-state index is 12.0. The van der Waals surface area contributed by atoms with Crippen LogP contribution in [-0.2, 0) is 4.74 Å². The number of nitrogens with zero attached hydrogens (tertiary/aromatic N) is 2. The van der Waals surface area contributed by atoms with E-state index in [1.807, 2.05) is 25.7 Å². The summed E-state index contributed by atoms with van der Waals surface area (Å²) in [6.07, 6.45) is 2.01. The molecular formula is C14H27N3O2. The fraction of sp³-hybridized carbons (Fsp3) is 0.929. The number of carbonyl (C=O) groups is 1. The fourth-order valence-corrected chi connectivity index (χ4v) is 3.05. The number of piperidine rings is 1. The summed E-state index contributed by atoms with van der Waals surface area (Å²) in [6.45, 7) is 11.4. The van der Waals surface area contributed by atoms with Crippen molar-refractivity contribution in [2.24, 2.45) is 11.1 Å². The molecule has 0 aromatic carbocycles. The van der Waals surface area contributed by atoms with E-state index in [9.17, 15) is 4.79 Å². The molecule has 1 spiro atoms. The summed E-state index contributed by atoms with van der Waals surface area (Å²) in [5.41, 5.74) is 5.60. The van der Waals surface area contributed by atoms with Gasteiger partial charge in [-0.05, 0) is 39.0 Å². The lowest BCUT2D eigenvalue weighted by Gasteiger charge is -2.54. The Balaban J connectivity index is 1.76. The lowest BCUT2D eigenvalue weighted by Crippen LogP contribution is -2.61. The van der Waals surface area contributed by atoms with Crippen molar-refractivity contribution < 1.29 is 9.53 Å². The first kappa shape index (κ1) is 14.6. The molecule has 19 heavy (non-hydrogen) atoms. The average Bonchev–Trinajstić information content (AvgIpc) is 2.26. The van der Waals surface area contributed by atoms with E-state index in [0.717, 1.165) is 52.1 Å². The van der Waals surface area contributed by atoms with Crippen molar-refractivity contribution in [1.82, 2.24) is 9.80 Å². The molecule has 0 atom stereocenters. The van der Waals surface area contributed by atoms with Crippen molar-refractivity contribution >= 4 is 6.09 Å². The van der Waals surface area contributed by atoms with Gasteiger partial charge in [-0.1, -0.05) is 0 Å². The molecule has 2 aliphatic rings. The molecule has 0 aliphatic carbocycles. The number of hydrogen-bond donors (Lipinski definition) is 1. The van der Waals surface area contributed by atoms with Crippen molar-refractivity contribution in [2.75, 3.05) is 39.3 Å². The first-order valence-corrected chi connectivity index (χ1v) is 7.24. The molecule has 0 saturated carbocycles. The Hall–Kier alpha value is -0.810. The van der Waals surface area contributed by atoms with Gasteiger partial charge in [-0.3, -0.25) is 0 Å². The first-order chi connectivity index (χ1) is 8.84. The Morgan fingerprint density at radius 2 is 1.84 bits per heavy atom. The molecule has 2 saturated heterocycles. The van der Waals surface area contributed by atoms with E-state index in [-0.39, 0.29) is 6.09 Å². The van der Waals surface area contributed by atoms with E-state index < -0.39 is 5.60 Å². The monoisotopic (exact) mass is 269 g/mol. The summed E-state index contributed by atoms with van der Waals surface area (Å²) in [5.74, 6) is 0. The minimum atomic E-state index is -0.402. The predicted octanol–water partition coefficient (Wildman–Crippen LogP) is 1.28. The summed E-state index contributed by atoms with van der Waals surface area (Å²) in [5, 5.41) is 0. The predicted molar refractivity (Wildman–Crippen MR) is 75.0 cm³/mol. The Kier molecular flexibility index (Phi) is 4.06. The van der Waals surface area contributed by atoms with Gasteiger partial charge in [-0.15, -0.1) is 0 Å². The van der Waals surface area contributed by atoms with Crippen LogP contribution in [0.2, 0.25) is 0 Å². The third-order valence-electron chi connectivity index (χ3n) is 4.04. The highest BCUT2D eigenvalue weighted by atomic mass is 16.6. The van der Waals surface area contributed by atoms with Crippen LogP contribution in [-0.4, -0.2) is 60.8 Å². The van der Waals surface area contributed by atoms with Gasteiger partial charge in [0.2, 0.25) is 0 Å². The molecular weight excluding hydrogens is 242 g/mol. The zero-order chi connectivity index (χ0) is 14.1. The van der Waals surface area contributed by atoms with Crippen molar-refractivity contribution in [3.05, 3.63) is 0 Å². The van der Waals surface area contributed by atoms with E-state index >= 15 is 0 Å². The maximum Gasteiger partial charge on any atom is 0.410 e. The molecule has 0 aromatic heterocycles. The quantitative estimate of drug-likeness (QED) is 0.820. The third-order valence-corrected chi connectivity index (χ3v) is 4.04. The van der Waals surface area contributed by atoms with Gasteiger partial charge in [-0.25, -0.2) is 4.79 Å². The molecule has 110 valence electrons. The van der Waals surface area contributed by atoms with Crippen LogP contribution >= 0.6 is 0 Å². The molecule has 0 unspecified atom stereocenters. The van der Waals surface area contributed by atoms with Gasteiger partial charge in [0.1, 0.15) is 5.60 Å². The molecule has 2 aliphatic heterocycles. The van der Waals surface area contributed by atoms with Crippen LogP contribution in [0.5, 0.6) is 0 Å². The summed E-state index contributed by atoms with van der Waals surface area (Å²) in [7, 11) is 0. The smallest absolute Gasteiger partial charge is 0.410 e. The van der Waals surface area contributed by atoms with E-state index in [1.165, 1.54) is 0 Å². The minimum Gasteiger partial charge on any atom is -0.444 e. The van der Waals surface area contributed by atoms with E-state index in [1.54, 1.807) is 0 Å². The third kappa shape index (κ3) is 3.60. The van der Waals surface area contributed by atoms with E-state index in [2.05, 4.69) is 4.90 Å². The molecule has 5 heteroatoms. The zero-order valence-corrected chi connectivity index (χ0v) is 12.4. The van der Waals surface area contributed by atoms with Gasteiger partial charge in [0.25, 0.3) is 0 Å². The number of nitrogens with two attached hydrogens (primary N) is 1. The lowest BCUT2D eigenvalue weighted by molar-refractivity contribution is -0.0495. The number of amides is 1. The Bertz CT molecular complexity index is 322. The lowest BCUT2D eigenvalue weighted by atomic mass is 9.72. The molecule has 5 nitrogen and oxygen atoms in total. The Morgan fingerprint density at radius 1 is 1.26 bits per heavy atom. The highest BCUT2D eigenvalue weighted by Gasteiger charge is 2.45. The number of ether oxygens (including phenoxy) is 1. The van der Waals surface area contributed by atoms with Gasteiger partial charge >= 0.3 is 6.09 Å².